The van der Waals surface area contributed by atoms with Crippen molar-refractivity contribution in [3.05, 3.63) is 131 Å². The van der Waals surface area contributed by atoms with E-state index in [9.17, 15) is 0 Å². The second-order valence-corrected chi connectivity index (χ2v) is 10.7. The third-order valence-electron chi connectivity index (χ3n) is 8.07. The van der Waals surface area contributed by atoms with Gasteiger partial charge in [0.05, 0.1) is 0 Å². The fourth-order valence-corrected chi connectivity index (χ4v) is 6.03. The highest BCUT2D eigenvalue weighted by molar-refractivity contribution is 5.88. The van der Waals surface area contributed by atoms with E-state index in [4.69, 9.17) is 0 Å². The summed E-state index contributed by atoms with van der Waals surface area (Å²) < 4.78 is 0. The van der Waals surface area contributed by atoms with Gasteiger partial charge in [-0.05, 0) is 97.2 Å². The number of hydrogen-bond acceptors (Lipinski definition) is 1. The molecule has 0 amide bonds. The Morgan fingerprint density at radius 2 is 1.22 bits per heavy atom. The lowest BCUT2D eigenvalue weighted by molar-refractivity contribution is 0.349. The van der Waals surface area contributed by atoms with Gasteiger partial charge in [0.1, 0.15) is 0 Å². The molecule has 0 aromatic heterocycles. The first kappa shape index (κ1) is 23.6. The first-order valence-electron chi connectivity index (χ1n) is 13.7. The summed E-state index contributed by atoms with van der Waals surface area (Å²) in [6.07, 6.45) is 12.6. The molecule has 184 valence electrons. The summed E-state index contributed by atoms with van der Waals surface area (Å²) in [6, 6.07) is 35.6. The van der Waals surface area contributed by atoms with Crippen LogP contribution in [0.25, 0.3) is 17.7 Å². The molecule has 4 aromatic carbocycles. The predicted molar refractivity (Wildman–Crippen MR) is 159 cm³/mol. The molecule has 2 atom stereocenters. The van der Waals surface area contributed by atoms with Gasteiger partial charge in [-0.3, -0.25) is 0 Å². The normalized spacial score (nSPS) is 19.7. The van der Waals surface area contributed by atoms with E-state index >= 15 is 0 Å². The quantitative estimate of drug-likeness (QED) is 0.280. The van der Waals surface area contributed by atoms with E-state index in [0.717, 1.165) is 0 Å². The summed E-state index contributed by atoms with van der Waals surface area (Å²) in [6.45, 7) is 4.28. The first-order valence-corrected chi connectivity index (χ1v) is 13.7. The molecule has 0 saturated heterocycles. The molecule has 1 fully saturated rings. The van der Waals surface area contributed by atoms with Crippen LogP contribution in [0.3, 0.4) is 0 Å². The highest BCUT2D eigenvalue weighted by Gasteiger charge is 2.29. The van der Waals surface area contributed by atoms with Crippen LogP contribution < -0.4 is 4.90 Å². The summed E-state index contributed by atoms with van der Waals surface area (Å²) >= 11 is 0. The van der Waals surface area contributed by atoms with Crippen LogP contribution in [0.5, 0.6) is 0 Å². The summed E-state index contributed by atoms with van der Waals surface area (Å²) in [4.78, 5) is 2.35. The molecule has 1 saturated carbocycles. The largest absolute Gasteiger partial charge is 0.311 e. The molecule has 37 heavy (non-hydrogen) atoms. The van der Waals surface area contributed by atoms with Crippen molar-refractivity contribution in [1.29, 1.82) is 0 Å². The van der Waals surface area contributed by atoms with Crippen LogP contribution in [0, 0.1) is 25.7 Å². The molecule has 4 aromatic rings. The molecule has 2 unspecified atom stereocenters. The summed E-state index contributed by atoms with van der Waals surface area (Å²) in [7, 11) is 0. The third-order valence-corrected chi connectivity index (χ3v) is 8.07. The molecule has 0 spiro atoms. The number of rotatable bonds is 4. The fourth-order valence-electron chi connectivity index (χ4n) is 6.03. The van der Waals surface area contributed by atoms with Gasteiger partial charge in [0, 0.05) is 17.1 Å². The first-order chi connectivity index (χ1) is 18.2. The van der Waals surface area contributed by atoms with Crippen molar-refractivity contribution < 1.29 is 0 Å². The van der Waals surface area contributed by atoms with Gasteiger partial charge in [0.15, 0.2) is 0 Å². The maximum absolute atomic E-state index is 2.48. The molecule has 2 aliphatic carbocycles. The Kier molecular flexibility index (Phi) is 6.53. The van der Waals surface area contributed by atoms with E-state index in [1.54, 1.807) is 0 Å². The molecule has 0 heterocycles. The Morgan fingerprint density at radius 1 is 0.649 bits per heavy atom. The third kappa shape index (κ3) is 4.91. The van der Waals surface area contributed by atoms with Gasteiger partial charge in [0.25, 0.3) is 0 Å². The van der Waals surface area contributed by atoms with E-state index in [1.165, 1.54) is 76.1 Å². The van der Waals surface area contributed by atoms with Crippen LogP contribution in [0.4, 0.5) is 17.1 Å². The van der Waals surface area contributed by atoms with Gasteiger partial charge < -0.3 is 4.90 Å². The number of benzene rings is 4. The standard InChI is InChI=1S/C36H35N/c1-26-11-19-31(20-12-26)37(32-21-13-27(2)14-22-32)33-23-15-28(16-24-33)25-36-34-9-5-3-7-29(34)17-18-30-8-4-6-10-35(30)36/h3,5,7,9,11-25,30,35H,4,6,8,10H2,1-2H3. The minimum Gasteiger partial charge on any atom is -0.311 e. The minimum absolute atomic E-state index is 0.602. The van der Waals surface area contributed by atoms with E-state index in [2.05, 4.69) is 134 Å². The van der Waals surface area contributed by atoms with Crippen molar-refractivity contribution in [2.24, 2.45) is 11.8 Å². The second kappa shape index (κ2) is 10.3. The van der Waals surface area contributed by atoms with E-state index in [0.29, 0.717) is 11.8 Å². The Hall–Kier alpha value is -3.84. The molecular formula is C36H35N. The van der Waals surface area contributed by atoms with Crippen molar-refractivity contribution in [3.63, 3.8) is 0 Å². The molecule has 6 rings (SSSR count). The Morgan fingerprint density at radius 3 is 1.86 bits per heavy atom. The van der Waals surface area contributed by atoms with E-state index < -0.39 is 0 Å². The zero-order valence-electron chi connectivity index (χ0n) is 21.9. The number of nitrogens with zero attached hydrogens (tertiary/aromatic N) is 1. The smallest absolute Gasteiger partial charge is 0.0462 e. The van der Waals surface area contributed by atoms with Gasteiger partial charge >= 0.3 is 0 Å². The minimum atomic E-state index is 0.602. The Labute approximate surface area is 221 Å². The number of allylic oxidation sites excluding steroid dienone is 2. The fraction of sp³-hybridized carbons (Fsp3) is 0.222. The number of anilines is 3. The van der Waals surface area contributed by atoms with Crippen LogP contribution in [0.2, 0.25) is 0 Å². The predicted octanol–water partition coefficient (Wildman–Crippen LogP) is 10.1. The average molecular weight is 482 g/mol. The van der Waals surface area contributed by atoms with Gasteiger partial charge in [-0.15, -0.1) is 0 Å². The summed E-state index contributed by atoms with van der Waals surface area (Å²) in [5, 5.41) is 0. The number of aryl methyl sites for hydroxylation is 2. The Balaban J connectivity index is 1.39. The van der Waals surface area contributed by atoms with Crippen LogP contribution >= 0.6 is 0 Å². The van der Waals surface area contributed by atoms with Crippen molar-refractivity contribution >= 4 is 34.8 Å². The monoisotopic (exact) mass is 481 g/mol. The van der Waals surface area contributed by atoms with Crippen molar-refractivity contribution in [2.75, 3.05) is 4.90 Å². The molecule has 0 radical (unpaired) electrons. The molecular weight excluding hydrogens is 446 g/mol. The van der Waals surface area contributed by atoms with Gasteiger partial charge in [0.2, 0.25) is 0 Å². The highest BCUT2D eigenvalue weighted by Crippen LogP contribution is 2.44. The molecule has 0 N–H and O–H groups in total. The maximum Gasteiger partial charge on any atom is 0.0462 e. The number of hydrogen-bond donors (Lipinski definition) is 0. The van der Waals surface area contributed by atoms with E-state index in [1.807, 2.05) is 0 Å². The van der Waals surface area contributed by atoms with E-state index in [-0.39, 0.29) is 0 Å². The maximum atomic E-state index is 2.48. The second-order valence-electron chi connectivity index (χ2n) is 10.7. The lowest BCUT2D eigenvalue weighted by Gasteiger charge is -2.31. The molecule has 0 bridgehead atoms. The SMILES string of the molecule is Cc1ccc(N(c2ccc(C)cc2)c2ccc(C=C3c4ccccc4C=CC4CCCCC34)cc2)cc1. The van der Waals surface area contributed by atoms with Crippen molar-refractivity contribution in [1.82, 2.24) is 0 Å². The zero-order chi connectivity index (χ0) is 25.2. The van der Waals surface area contributed by atoms with Crippen LogP contribution in [-0.2, 0) is 0 Å². The van der Waals surface area contributed by atoms with Crippen LogP contribution in [0.1, 0.15) is 53.5 Å². The average Bonchev–Trinajstić information content (AvgIpc) is 3.09. The Bertz CT molecular complexity index is 1380. The lowest BCUT2D eigenvalue weighted by atomic mass is 9.74. The van der Waals surface area contributed by atoms with Crippen molar-refractivity contribution in [2.45, 2.75) is 39.5 Å². The van der Waals surface area contributed by atoms with Gasteiger partial charge in [-0.2, -0.15) is 0 Å². The zero-order valence-corrected chi connectivity index (χ0v) is 21.9. The van der Waals surface area contributed by atoms with Gasteiger partial charge in [-0.1, -0.05) is 103 Å². The van der Waals surface area contributed by atoms with Crippen molar-refractivity contribution in [3.8, 4) is 0 Å². The lowest BCUT2D eigenvalue weighted by Crippen LogP contribution is -2.18. The molecule has 0 aliphatic heterocycles. The molecule has 1 heteroatoms. The number of fused-ring (bicyclic) bond motifs is 2. The summed E-state index contributed by atoms with van der Waals surface area (Å²) in [5.74, 6) is 1.25. The summed E-state index contributed by atoms with van der Waals surface area (Å²) in [5.41, 5.74) is 11.6. The highest BCUT2D eigenvalue weighted by atomic mass is 15.1. The molecule has 2 aliphatic rings. The molecule has 1 nitrogen and oxygen atoms in total. The topological polar surface area (TPSA) is 3.24 Å². The van der Waals surface area contributed by atoms with Crippen LogP contribution in [-0.4, -0.2) is 0 Å². The van der Waals surface area contributed by atoms with Gasteiger partial charge in [-0.25, -0.2) is 0 Å². The van der Waals surface area contributed by atoms with Crippen LogP contribution in [0.15, 0.2) is 103 Å².